The fourth-order valence-electron chi connectivity index (χ4n) is 1.40. The van der Waals surface area contributed by atoms with E-state index in [0.717, 1.165) is 11.3 Å². The second-order valence-electron chi connectivity index (χ2n) is 4.26. The van der Waals surface area contributed by atoms with Gasteiger partial charge in [0.05, 0.1) is 7.11 Å². The highest BCUT2D eigenvalue weighted by Gasteiger charge is 2.21. The number of rotatable bonds is 5. The highest BCUT2D eigenvalue weighted by atomic mass is 32.1. The van der Waals surface area contributed by atoms with Crippen LogP contribution in [0, 0.1) is 0 Å². The Labute approximate surface area is 116 Å². The summed E-state index contributed by atoms with van der Waals surface area (Å²) in [5.74, 6) is -0.345. The van der Waals surface area contributed by atoms with Crippen molar-refractivity contribution in [3.05, 3.63) is 10.6 Å². The van der Waals surface area contributed by atoms with Gasteiger partial charge in [-0.1, -0.05) is 20.8 Å². The van der Waals surface area contributed by atoms with Gasteiger partial charge in [0, 0.05) is 11.4 Å². The molecule has 0 aliphatic heterocycles. The Hall–Kier alpha value is -1.63. The number of urea groups is 1. The second-order valence-corrected chi connectivity index (χ2v) is 5.29. The fourth-order valence-corrected chi connectivity index (χ4v) is 2.35. The number of aromatic nitrogens is 1. The number of carbonyl (C=O) groups excluding carboxylic acids is 2. The molecule has 1 heterocycles. The van der Waals surface area contributed by atoms with Crippen LogP contribution >= 0.6 is 11.3 Å². The van der Waals surface area contributed by atoms with Crippen LogP contribution in [0.2, 0.25) is 0 Å². The molecule has 0 unspecified atom stereocenters. The number of amides is 2. The van der Waals surface area contributed by atoms with Crippen molar-refractivity contribution in [2.75, 3.05) is 19.0 Å². The molecule has 2 N–H and O–H groups in total. The van der Waals surface area contributed by atoms with Crippen LogP contribution in [0.15, 0.2) is 0 Å². The molecule has 0 aromatic carbocycles. The minimum absolute atomic E-state index is 0.140. The molecule has 1 rings (SSSR count). The highest BCUT2D eigenvalue weighted by molar-refractivity contribution is 7.16. The lowest BCUT2D eigenvalue weighted by Gasteiger charge is -2.02. The van der Waals surface area contributed by atoms with Gasteiger partial charge in [-0.3, -0.25) is 5.32 Å². The van der Waals surface area contributed by atoms with Crippen molar-refractivity contribution >= 4 is 28.5 Å². The van der Waals surface area contributed by atoms with Crippen molar-refractivity contribution in [1.82, 2.24) is 10.3 Å². The predicted octanol–water partition coefficient (Wildman–Crippen LogP) is 2.58. The maximum Gasteiger partial charge on any atom is 0.357 e. The third-order valence-corrected chi connectivity index (χ3v) is 3.58. The molecule has 0 aliphatic rings. The molecule has 0 saturated carbocycles. The van der Waals surface area contributed by atoms with E-state index in [1.54, 1.807) is 0 Å². The molecule has 0 radical (unpaired) electrons. The molecular weight excluding hydrogens is 266 g/mol. The normalized spacial score (nSPS) is 10.4. The molecule has 0 fully saturated rings. The van der Waals surface area contributed by atoms with Gasteiger partial charge in [0.2, 0.25) is 0 Å². The Morgan fingerprint density at radius 2 is 2.11 bits per heavy atom. The van der Waals surface area contributed by atoms with E-state index in [1.807, 2.05) is 20.8 Å². The molecule has 0 atom stereocenters. The largest absolute Gasteiger partial charge is 0.464 e. The number of ether oxygens (including phenoxy) is 1. The zero-order chi connectivity index (χ0) is 14.4. The van der Waals surface area contributed by atoms with Crippen molar-refractivity contribution in [3.63, 3.8) is 0 Å². The maximum atomic E-state index is 11.6. The van der Waals surface area contributed by atoms with E-state index >= 15 is 0 Å². The van der Waals surface area contributed by atoms with Crippen LogP contribution in [0.4, 0.5) is 9.93 Å². The van der Waals surface area contributed by atoms with Gasteiger partial charge in [-0.05, 0) is 12.3 Å². The van der Waals surface area contributed by atoms with Gasteiger partial charge < -0.3 is 10.1 Å². The van der Waals surface area contributed by atoms with Gasteiger partial charge in [0.15, 0.2) is 10.8 Å². The van der Waals surface area contributed by atoms with E-state index in [4.69, 9.17) is 0 Å². The van der Waals surface area contributed by atoms with E-state index in [2.05, 4.69) is 20.4 Å². The van der Waals surface area contributed by atoms with Crippen LogP contribution < -0.4 is 10.6 Å². The van der Waals surface area contributed by atoms with Crippen LogP contribution in [-0.4, -0.2) is 30.6 Å². The van der Waals surface area contributed by atoms with E-state index in [0.29, 0.717) is 11.7 Å². The Balaban J connectivity index is 2.86. The number of carbonyl (C=O) groups is 2. The first-order chi connectivity index (χ1) is 8.99. The molecule has 106 valence electrons. The third kappa shape index (κ3) is 4.20. The minimum Gasteiger partial charge on any atom is -0.464 e. The van der Waals surface area contributed by atoms with Crippen LogP contribution in [0.1, 0.15) is 48.5 Å². The first kappa shape index (κ1) is 15.4. The van der Waals surface area contributed by atoms with Crippen molar-refractivity contribution in [2.45, 2.75) is 33.1 Å². The first-order valence-corrected chi connectivity index (χ1v) is 6.95. The highest BCUT2D eigenvalue weighted by Crippen LogP contribution is 2.30. The average molecular weight is 285 g/mol. The molecule has 0 bridgehead atoms. The summed E-state index contributed by atoms with van der Waals surface area (Å²) in [6.45, 7) is 6.48. The van der Waals surface area contributed by atoms with E-state index in [-0.39, 0.29) is 17.6 Å². The SMILES string of the molecule is CCCNC(=O)Nc1nc(C(=O)OC)c(C(C)C)s1. The Morgan fingerprint density at radius 1 is 1.42 bits per heavy atom. The van der Waals surface area contributed by atoms with Gasteiger partial charge in [0.25, 0.3) is 0 Å². The molecule has 7 heteroatoms. The van der Waals surface area contributed by atoms with E-state index in [1.165, 1.54) is 18.4 Å². The summed E-state index contributed by atoms with van der Waals surface area (Å²) in [7, 11) is 1.31. The molecule has 1 aromatic heterocycles. The summed E-state index contributed by atoms with van der Waals surface area (Å²) < 4.78 is 4.69. The summed E-state index contributed by atoms with van der Waals surface area (Å²) in [5.41, 5.74) is 0.272. The van der Waals surface area contributed by atoms with Crippen molar-refractivity contribution in [3.8, 4) is 0 Å². The lowest BCUT2D eigenvalue weighted by Crippen LogP contribution is -2.29. The molecule has 6 nitrogen and oxygen atoms in total. The van der Waals surface area contributed by atoms with E-state index in [9.17, 15) is 9.59 Å². The van der Waals surface area contributed by atoms with Crippen LogP contribution in [0.25, 0.3) is 0 Å². The van der Waals surface area contributed by atoms with Gasteiger partial charge in [-0.25, -0.2) is 14.6 Å². The molecular formula is C12H19N3O3S. The lowest BCUT2D eigenvalue weighted by molar-refractivity contribution is 0.0593. The van der Waals surface area contributed by atoms with Crippen molar-refractivity contribution < 1.29 is 14.3 Å². The van der Waals surface area contributed by atoms with Gasteiger partial charge >= 0.3 is 12.0 Å². The van der Waals surface area contributed by atoms with Gasteiger partial charge in [-0.15, -0.1) is 11.3 Å². The summed E-state index contributed by atoms with van der Waals surface area (Å²) in [6, 6.07) is -0.317. The number of methoxy groups -OCH3 is 1. The lowest BCUT2D eigenvalue weighted by atomic mass is 10.1. The summed E-state index contributed by atoms with van der Waals surface area (Å²) in [4.78, 5) is 28.1. The molecule has 2 amide bonds. The smallest absolute Gasteiger partial charge is 0.357 e. The molecule has 0 saturated heterocycles. The summed E-state index contributed by atoms with van der Waals surface area (Å²) in [5, 5.41) is 5.70. The minimum atomic E-state index is -0.484. The van der Waals surface area contributed by atoms with Crippen molar-refractivity contribution in [2.24, 2.45) is 0 Å². The number of thiazole rings is 1. The van der Waals surface area contributed by atoms with Gasteiger partial charge in [0.1, 0.15) is 0 Å². The number of nitrogens with one attached hydrogen (secondary N) is 2. The Bertz CT molecular complexity index is 457. The molecule has 0 spiro atoms. The monoisotopic (exact) mass is 285 g/mol. The molecule has 19 heavy (non-hydrogen) atoms. The second kappa shape index (κ2) is 7.08. The standard InChI is InChI=1S/C12H19N3O3S/c1-5-6-13-11(17)15-12-14-8(10(16)18-4)9(19-12)7(2)3/h7H,5-6H2,1-4H3,(H2,13,14,15,17). The fraction of sp³-hybridized carbons (Fsp3) is 0.583. The van der Waals surface area contributed by atoms with Crippen LogP contribution in [-0.2, 0) is 4.74 Å². The molecule has 1 aromatic rings. The zero-order valence-electron chi connectivity index (χ0n) is 11.6. The van der Waals surface area contributed by atoms with Gasteiger partial charge in [-0.2, -0.15) is 0 Å². The summed E-state index contributed by atoms with van der Waals surface area (Å²) in [6.07, 6.45) is 0.857. The zero-order valence-corrected chi connectivity index (χ0v) is 12.4. The first-order valence-electron chi connectivity index (χ1n) is 6.13. The Morgan fingerprint density at radius 3 is 2.63 bits per heavy atom. The number of nitrogens with zero attached hydrogens (tertiary/aromatic N) is 1. The molecule has 0 aliphatic carbocycles. The maximum absolute atomic E-state index is 11.6. The quantitative estimate of drug-likeness (QED) is 0.815. The number of hydrogen-bond donors (Lipinski definition) is 2. The number of hydrogen-bond acceptors (Lipinski definition) is 5. The average Bonchev–Trinajstić information content (AvgIpc) is 2.79. The van der Waals surface area contributed by atoms with Crippen LogP contribution in [0.5, 0.6) is 0 Å². The number of esters is 1. The number of anilines is 1. The van der Waals surface area contributed by atoms with E-state index < -0.39 is 5.97 Å². The summed E-state index contributed by atoms with van der Waals surface area (Å²) >= 11 is 1.29. The third-order valence-electron chi connectivity index (χ3n) is 2.31. The topological polar surface area (TPSA) is 80.3 Å². The predicted molar refractivity (Wildman–Crippen MR) is 74.9 cm³/mol. The van der Waals surface area contributed by atoms with Crippen molar-refractivity contribution in [1.29, 1.82) is 0 Å². The van der Waals surface area contributed by atoms with Crippen LogP contribution in [0.3, 0.4) is 0 Å². The Kier molecular flexibility index (Phi) is 5.75.